The molecule has 1 fully saturated rings. The van der Waals surface area contributed by atoms with Crippen molar-refractivity contribution in [1.82, 2.24) is 15.3 Å². The van der Waals surface area contributed by atoms with E-state index in [2.05, 4.69) is 32.3 Å². The first-order valence-electron chi connectivity index (χ1n) is 9.42. The van der Waals surface area contributed by atoms with Crippen molar-refractivity contribution < 1.29 is 14.7 Å². The largest absolute Gasteiger partial charge is 0.395 e. The Hall–Kier alpha value is -3.33. The molecular formula is C20H24N6O3. The highest BCUT2D eigenvalue weighted by Crippen LogP contribution is 2.32. The van der Waals surface area contributed by atoms with E-state index in [1.807, 2.05) is 6.92 Å². The second-order valence-electron chi connectivity index (χ2n) is 6.67. The predicted molar refractivity (Wildman–Crippen MR) is 111 cm³/mol. The Morgan fingerprint density at radius 3 is 2.72 bits per heavy atom. The van der Waals surface area contributed by atoms with Crippen LogP contribution in [0.3, 0.4) is 0 Å². The van der Waals surface area contributed by atoms with Gasteiger partial charge in [0.25, 0.3) is 11.8 Å². The molecule has 2 aromatic rings. The average Bonchev–Trinajstić information content (AvgIpc) is 3.09. The zero-order valence-electron chi connectivity index (χ0n) is 16.3. The fraction of sp³-hybridized carbons (Fsp3) is 0.350. The number of carbonyl (C=O) groups excluding carboxylic acids is 2. The van der Waals surface area contributed by atoms with Crippen molar-refractivity contribution in [3.05, 3.63) is 42.1 Å². The summed E-state index contributed by atoms with van der Waals surface area (Å²) in [6.45, 7) is 6.14. The van der Waals surface area contributed by atoms with Gasteiger partial charge < -0.3 is 15.7 Å². The number of aliphatic imine (C=N–C) groups is 1. The average molecular weight is 396 g/mol. The molecule has 1 aliphatic rings. The Bertz CT molecular complexity index is 901. The molecule has 0 radical (unpaired) electrons. The summed E-state index contributed by atoms with van der Waals surface area (Å²) in [5, 5.41) is 14.4. The van der Waals surface area contributed by atoms with E-state index >= 15 is 0 Å². The zero-order chi connectivity index (χ0) is 20.9. The van der Waals surface area contributed by atoms with E-state index in [4.69, 9.17) is 5.11 Å². The van der Waals surface area contributed by atoms with Crippen LogP contribution in [0.25, 0.3) is 0 Å². The summed E-state index contributed by atoms with van der Waals surface area (Å²) in [7, 11) is 0. The molecular weight excluding hydrogens is 372 g/mol. The van der Waals surface area contributed by atoms with Gasteiger partial charge in [-0.05, 0) is 49.9 Å². The van der Waals surface area contributed by atoms with E-state index in [9.17, 15) is 9.59 Å². The lowest BCUT2D eigenvalue weighted by molar-refractivity contribution is -0.121. The van der Waals surface area contributed by atoms with Crippen LogP contribution in [0, 0.1) is 0 Å². The van der Waals surface area contributed by atoms with Crippen LogP contribution in [0.5, 0.6) is 0 Å². The van der Waals surface area contributed by atoms with Gasteiger partial charge in [0, 0.05) is 30.5 Å². The molecule has 9 nitrogen and oxygen atoms in total. The molecule has 2 heterocycles. The zero-order valence-corrected chi connectivity index (χ0v) is 16.3. The van der Waals surface area contributed by atoms with Crippen LogP contribution in [-0.4, -0.2) is 58.8 Å². The van der Waals surface area contributed by atoms with Crippen molar-refractivity contribution in [2.45, 2.75) is 25.3 Å². The molecule has 3 N–H and O–H groups in total. The number of anilines is 3. The van der Waals surface area contributed by atoms with Gasteiger partial charge >= 0.3 is 0 Å². The number of aromatic nitrogens is 2. The Labute approximate surface area is 168 Å². The van der Waals surface area contributed by atoms with Gasteiger partial charge in [-0.15, -0.1) is 0 Å². The van der Waals surface area contributed by atoms with Gasteiger partial charge in [0.1, 0.15) is 11.4 Å². The molecule has 1 saturated heterocycles. The topological polar surface area (TPSA) is 120 Å². The molecule has 152 valence electrons. The number of hydrogen-bond donors (Lipinski definition) is 3. The first kappa shape index (κ1) is 20.4. The number of nitrogens with one attached hydrogen (secondary N) is 2. The van der Waals surface area contributed by atoms with Gasteiger partial charge in [-0.25, -0.2) is 4.98 Å². The van der Waals surface area contributed by atoms with Gasteiger partial charge in [-0.2, -0.15) is 4.98 Å². The molecule has 1 aromatic heterocycles. The van der Waals surface area contributed by atoms with Crippen LogP contribution >= 0.6 is 0 Å². The van der Waals surface area contributed by atoms with Gasteiger partial charge in [0.2, 0.25) is 5.95 Å². The first-order chi connectivity index (χ1) is 14.0. The number of aliphatic hydroxyl groups is 1. The number of nitrogens with zero attached hydrogens (tertiary/aromatic N) is 4. The number of aliphatic hydroxyl groups excluding tert-OH is 1. The normalized spacial score (nSPS) is 18.6. The Balaban J connectivity index is 1.71. The minimum Gasteiger partial charge on any atom is -0.395 e. The van der Waals surface area contributed by atoms with E-state index in [1.54, 1.807) is 41.4 Å². The summed E-state index contributed by atoms with van der Waals surface area (Å²) < 4.78 is 0. The maximum atomic E-state index is 12.8. The van der Waals surface area contributed by atoms with Crippen molar-refractivity contribution in [1.29, 1.82) is 0 Å². The van der Waals surface area contributed by atoms with Crippen LogP contribution in [0.4, 0.5) is 17.5 Å². The fourth-order valence-corrected chi connectivity index (χ4v) is 3.23. The highest BCUT2D eigenvalue weighted by Gasteiger charge is 2.45. The van der Waals surface area contributed by atoms with Crippen LogP contribution in [-0.2, 0) is 4.79 Å². The first-order valence-corrected chi connectivity index (χ1v) is 9.42. The van der Waals surface area contributed by atoms with Crippen LogP contribution < -0.4 is 15.5 Å². The molecule has 1 aliphatic heterocycles. The van der Waals surface area contributed by atoms with Gasteiger partial charge in [-0.1, -0.05) is 6.92 Å². The summed E-state index contributed by atoms with van der Waals surface area (Å²) in [4.78, 5) is 39.0. The molecule has 0 unspecified atom stereocenters. The third-order valence-electron chi connectivity index (χ3n) is 5.00. The molecule has 0 spiro atoms. The molecule has 0 aliphatic carbocycles. The minimum absolute atomic E-state index is 0.0992. The second-order valence-corrected chi connectivity index (χ2v) is 6.67. The Kier molecular flexibility index (Phi) is 6.18. The highest BCUT2D eigenvalue weighted by atomic mass is 16.3. The lowest BCUT2D eigenvalue weighted by Crippen LogP contribution is -2.38. The molecule has 1 aromatic carbocycles. The molecule has 9 heteroatoms. The van der Waals surface area contributed by atoms with Crippen LogP contribution in [0.1, 0.15) is 30.1 Å². The SMILES string of the molecule is C=N[C@@]1(CC)CCN(c2ccnc(Nc3ccc(C(=O)NCCO)cc3)n2)C1=O. The number of amides is 2. The van der Waals surface area contributed by atoms with Crippen LogP contribution in [0.2, 0.25) is 0 Å². The maximum absolute atomic E-state index is 12.8. The molecule has 0 saturated carbocycles. The maximum Gasteiger partial charge on any atom is 0.256 e. The van der Waals surface area contributed by atoms with E-state index in [0.29, 0.717) is 42.4 Å². The second kappa shape index (κ2) is 8.78. The Morgan fingerprint density at radius 1 is 1.34 bits per heavy atom. The summed E-state index contributed by atoms with van der Waals surface area (Å²) in [5.41, 5.74) is 0.406. The number of carbonyl (C=O) groups is 2. The van der Waals surface area contributed by atoms with E-state index in [-0.39, 0.29) is 25.0 Å². The molecule has 0 bridgehead atoms. The lowest BCUT2D eigenvalue weighted by atomic mass is 9.95. The monoisotopic (exact) mass is 396 g/mol. The quantitative estimate of drug-likeness (QED) is 0.582. The Morgan fingerprint density at radius 2 is 2.10 bits per heavy atom. The smallest absolute Gasteiger partial charge is 0.256 e. The van der Waals surface area contributed by atoms with Crippen LogP contribution in [0.15, 0.2) is 41.5 Å². The molecule has 3 rings (SSSR count). The summed E-state index contributed by atoms with van der Waals surface area (Å²) in [6.07, 6.45) is 2.79. The third-order valence-corrected chi connectivity index (χ3v) is 5.00. The number of benzene rings is 1. The van der Waals surface area contributed by atoms with E-state index in [0.717, 1.165) is 0 Å². The molecule has 29 heavy (non-hydrogen) atoms. The van der Waals surface area contributed by atoms with Crippen molar-refractivity contribution in [3.8, 4) is 0 Å². The number of rotatable bonds is 8. The van der Waals surface area contributed by atoms with Crippen molar-refractivity contribution in [3.63, 3.8) is 0 Å². The van der Waals surface area contributed by atoms with E-state index < -0.39 is 5.54 Å². The molecule has 1 atom stereocenters. The summed E-state index contributed by atoms with van der Waals surface area (Å²) in [5.74, 6) is 0.490. The standard InChI is InChI=1S/C20H24N6O3/c1-3-20(21-2)9-12-26(18(20)29)16-8-10-23-19(25-16)24-15-6-4-14(5-7-15)17(28)22-11-13-27/h4-8,10,27H,2-3,9,11-13H2,1H3,(H,22,28)(H,23,24,25)/t20-/m0/s1. The van der Waals surface area contributed by atoms with Crippen molar-refractivity contribution >= 4 is 36.0 Å². The van der Waals surface area contributed by atoms with Gasteiger partial charge in [0.15, 0.2) is 0 Å². The van der Waals surface area contributed by atoms with Crippen molar-refractivity contribution in [2.75, 3.05) is 29.9 Å². The lowest BCUT2D eigenvalue weighted by Gasteiger charge is -2.21. The highest BCUT2D eigenvalue weighted by molar-refractivity contribution is 6.02. The third kappa shape index (κ3) is 4.24. The summed E-state index contributed by atoms with van der Waals surface area (Å²) >= 11 is 0. The number of hydrogen-bond acceptors (Lipinski definition) is 7. The van der Waals surface area contributed by atoms with Gasteiger partial charge in [0.05, 0.1) is 6.61 Å². The molecule has 2 amide bonds. The predicted octanol–water partition coefficient (Wildman–Crippen LogP) is 1.53. The van der Waals surface area contributed by atoms with Crippen molar-refractivity contribution in [2.24, 2.45) is 4.99 Å². The van der Waals surface area contributed by atoms with E-state index in [1.165, 1.54) is 0 Å². The minimum atomic E-state index is -0.773. The summed E-state index contributed by atoms with van der Waals surface area (Å²) in [6, 6.07) is 8.47. The fourth-order valence-electron chi connectivity index (χ4n) is 3.23. The van der Waals surface area contributed by atoms with Gasteiger partial charge in [-0.3, -0.25) is 19.5 Å².